The monoisotopic (exact) mass is 238 g/mol. The molecule has 5 nitrogen and oxygen atoms in total. The van der Waals surface area contributed by atoms with E-state index in [0.29, 0.717) is 18.1 Å². The number of aliphatic hydroxyl groups excluding tert-OH is 1. The Bertz CT molecular complexity index is 389. The highest BCUT2D eigenvalue weighted by molar-refractivity contribution is 5.91. The number of hydrogen-bond acceptors (Lipinski definition) is 4. The summed E-state index contributed by atoms with van der Waals surface area (Å²) in [4.78, 5) is 13.9. The molecule has 2 heterocycles. The van der Waals surface area contributed by atoms with Gasteiger partial charge in [0.15, 0.2) is 5.76 Å². The van der Waals surface area contributed by atoms with E-state index in [-0.39, 0.29) is 25.1 Å². The molecule has 1 atom stereocenters. The van der Waals surface area contributed by atoms with Crippen molar-refractivity contribution in [2.24, 2.45) is 5.73 Å². The van der Waals surface area contributed by atoms with Crippen molar-refractivity contribution in [2.45, 2.75) is 31.8 Å². The topological polar surface area (TPSA) is 79.7 Å². The average Bonchev–Trinajstić information content (AvgIpc) is 2.86. The SMILES string of the molecule is NCc1ccc(C(=O)N2CCCCC2CO)o1. The fraction of sp³-hybridized carbons (Fsp3) is 0.583. The minimum atomic E-state index is -0.150. The maximum absolute atomic E-state index is 12.2. The molecule has 1 fully saturated rings. The summed E-state index contributed by atoms with van der Waals surface area (Å²) < 4.78 is 5.34. The average molecular weight is 238 g/mol. The first-order chi connectivity index (χ1) is 8.26. The van der Waals surface area contributed by atoms with E-state index in [1.54, 1.807) is 17.0 Å². The van der Waals surface area contributed by atoms with Crippen LogP contribution in [0.4, 0.5) is 0 Å². The van der Waals surface area contributed by atoms with Crippen molar-refractivity contribution in [2.75, 3.05) is 13.2 Å². The number of carbonyl (C=O) groups is 1. The standard InChI is InChI=1S/C12H18N2O3/c13-7-10-4-5-11(17-10)12(16)14-6-2-1-3-9(14)8-15/h4-5,9,15H,1-3,6-8,13H2. The number of hydrogen-bond donors (Lipinski definition) is 2. The van der Waals surface area contributed by atoms with E-state index in [4.69, 9.17) is 10.2 Å². The molecule has 0 saturated carbocycles. The molecule has 1 amide bonds. The van der Waals surface area contributed by atoms with E-state index >= 15 is 0 Å². The van der Waals surface area contributed by atoms with E-state index in [0.717, 1.165) is 19.3 Å². The molecule has 94 valence electrons. The fourth-order valence-electron chi connectivity index (χ4n) is 2.20. The number of nitrogens with two attached hydrogens (primary N) is 1. The van der Waals surface area contributed by atoms with Crippen molar-refractivity contribution in [3.05, 3.63) is 23.7 Å². The molecule has 3 N–H and O–H groups in total. The van der Waals surface area contributed by atoms with Crippen LogP contribution in [0.3, 0.4) is 0 Å². The Morgan fingerprint density at radius 3 is 3.00 bits per heavy atom. The highest BCUT2D eigenvalue weighted by atomic mass is 16.4. The third kappa shape index (κ3) is 2.50. The van der Waals surface area contributed by atoms with Gasteiger partial charge in [-0.3, -0.25) is 4.79 Å². The van der Waals surface area contributed by atoms with E-state index in [2.05, 4.69) is 0 Å². The van der Waals surface area contributed by atoms with Gasteiger partial charge in [-0.1, -0.05) is 0 Å². The van der Waals surface area contributed by atoms with Crippen molar-refractivity contribution in [3.8, 4) is 0 Å². The zero-order valence-corrected chi connectivity index (χ0v) is 9.76. The van der Waals surface area contributed by atoms with Crippen molar-refractivity contribution < 1.29 is 14.3 Å². The minimum absolute atomic E-state index is 0.0101. The summed E-state index contributed by atoms with van der Waals surface area (Å²) in [6.07, 6.45) is 2.89. The summed E-state index contributed by atoms with van der Waals surface area (Å²) in [5.41, 5.74) is 5.44. The van der Waals surface area contributed by atoms with E-state index in [1.165, 1.54) is 0 Å². The Labute approximate surface area is 100 Å². The first-order valence-corrected chi connectivity index (χ1v) is 5.97. The lowest BCUT2D eigenvalue weighted by Gasteiger charge is -2.33. The quantitative estimate of drug-likeness (QED) is 0.813. The third-order valence-corrected chi connectivity index (χ3v) is 3.17. The lowest BCUT2D eigenvalue weighted by molar-refractivity contribution is 0.0471. The van der Waals surface area contributed by atoms with Gasteiger partial charge in [0.25, 0.3) is 5.91 Å². The smallest absolute Gasteiger partial charge is 0.289 e. The van der Waals surface area contributed by atoms with Gasteiger partial charge in [-0.25, -0.2) is 0 Å². The Kier molecular flexibility index (Phi) is 3.81. The molecule has 0 aromatic carbocycles. The van der Waals surface area contributed by atoms with Gasteiger partial charge in [-0.15, -0.1) is 0 Å². The van der Waals surface area contributed by atoms with Crippen LogP contribution in [-0.2, 0) is 6.54 Å². The van der Waals surface area contributed by atoms with Crippen molar-refractivity contribution in [1.29, 1.82) is 0 Å². The van der Waals surface area contributed by atoms with Crippen LogP contribution < -0.4 is 5.73 Å². The first-order valence-electron chi connectivity index (χ1n) is 5.97. The largest absolute Gasteiger partial charge is 0.455 e. The Morgan fingerprint density at radius 2 is 2.35 bits per heavy atom. The van der Waals surface area contributed by atoms with E-state index in [1.807, 2.05) is 0 Å². The molecular formula is C12H18N2O3. The highest BCUT2D eigenvalue weighted by Gasteiger charge is 2.28. The molecule has 17 heavy (non-hydrogen) atoms. The van der Waals surface area contributed by atoms with Crippen LogP contribution in [0, 0.1) is 0 Å². The molecule has 1 unspecified atom stereocenters. The lowest BCUT2D eigenvalue weighted by atomic mass is 10.0. The summed E-state index contributed by atoms with van der Waals surface area (Å²) in [5.74, 6) is 0.764. The lowest BCUT2D eigenvalue weighted by Crippen LogP contribution is -2.45. The maximum atomic E-state index is 12.2. The Balaban J connectivity index is 2.12. The van der Waals surface area contributed by atoms with Gasteiger partial charge in [0, 0.05) is 6.54 Å². The second kappa shape index (κ2) is 5.33. The number of likely N-dealkylation sites (tertiary alicyclic amines) is 1. The van der Waals surface area contributed by atoms with Gasteiger partial charge in [0.05, 0.1) is 19.2 Å². The van der Waals surface area contributed by atoms with Crippen LogP contribution in [0.25, 0.3) is 0 Å². The normalized spacial score (nSPS) is 20.6. The van der Waals surface area contributed by atoms with Crippen LogP contribution >= 0.6 is 0 Å². The Hall–Kier alpha value is -1.33. The number of amides is 1. The summed E-state index contributed by atoms with van der Waals surface area (Å²) in [5, 5.41) is 9.26. The third-order valence-electron chi connectivity index (χ3n) is 3.17. The molecule has 0 radical (unpaired) electrons. The molecule has 0 spiro atoms. The van der Waals surface area contributed by atoms with E-state index in [9.17, 15) is 9.90 Å². The van der Waals surface area contributed by atoms with Gasteiger partial charge < -0.3 is 20.2 Å². The molecule has 1 aromatic heterocycles. The van der Waals surface area contributed by atoms with E-state index < -0.39 is 0 Å². The van der Waals surface area contributed by atoms with Crippen molar-refractivity contribution >= 4 is 5.91 Å². The molecule has 1 saturated heterocycles. The predicted molar refractivity (Wildman–Crippen MR) is 62.4 cm³/mol. The maximum Gasteiger partial charge on any atom is 0.289 e. The van der Waals surface area contributed by atoms with Crippen LogP contribution in [0.5, 0.6) is 0 Å². The first kappa shape index (κ1) is 12.1. The second-order valence-corrected chi connectivity index (χ2v) is 4.30. The van der Waals surface area contributed by atoms with Crippen LogP contribution in [-0.4, -0.2) is 35.1 Å². The molecule has 0 bridgehead atoms. The second-order valence-electron chi connectivity index (χ2n) is 4.30. The van der Waals surface area contributed by atoms with Crippen LogP contribution in [0.1, 0.15) is 35.6 Å². The molecular weight excluding hydrogens is 220 g/mol. The summed E-state index contributed by atoms with van der Waals surface area (Å²) >= 11 is 0. The van der Waals surface area contributed by atoms with Gasteiger partial charge in [0.2, 0.25) is 0 Å². The predicted octanol–water partition coefficient (Wildman–Crippen LogP) is 0.725. The number of furan rings is 1. The zero-order chi connectivity index (χ0) is 12.3. The molecule has 1 aliphatic rings. The van der Waals surface area contributed by atoms with Crippen LogP contribution in [0.15, 0.2) is 16.5 Å². The van der Waals surface area contributed by atoms with Gasteiger partial charge >= 0.3 is 0 Å². The highest BCUT2D eigenvalue weighted by Crippen LogP contribution is 2.20. The van der Waals surface area contributed by atoms with Crippen molar-refractivity contribution in [1.82, 2.24) is 4.90 Å². The Morgan fingerprint density at radius 1 is 1.53 bits per heavy atom. The summed E-state index contributed by atoms with van der Waals surface area (Å²) in [6.45, 7) is 0.982. The zero-order valence-electron chi connectivity index (χ0n) is 9.76. The fourth-order valence-corrected chi connectivity index (χ4v) is 2.20. The van der Waals surface area contributed by atoms with Gasteiger partial charge in [0.1, 0.15) is 5.76 Å². The summed E-state index contributed by atoms with van der Waals surface area (Å²) in [6, 6.07) is 3.28. The molecule has 2 rings (SSSR count). The minimum Gasteiger partial charge on any atom is -0.455 e. The number of aliphatic hydroxyl groups is 1. The molecule has 1 aromatic rings. The molecule has 1 aliphatic heterocycles. The van der Waals surface area contributed by atoms with Crippen LogP contribution in [0.2, 0.25) is 0 Å². The summed E-state index contributed by atoms with van der Waals surface area (Å²) in [7, 11) is 0. The number of rotatable bonds is 3. The van der Waals surface area contributed by atoms with Crippen molar-refractivity contribution in [3.63, 3.8) is 0 Å². The number of piperidine rings is 1. The van der Waals surface area contributed by atoms with Gasteiger partial charge in [-0.2, -0.15) is 0 Å². The number of nitrogens with zero attached hydrogens (tertiary/aromatic N) is 1. The van der Waals surface area contributed by atoms with Gasteiger partial charge in [-0.05, 0) is 31.4 Å². The number of carbonyl (C=O) groups excluding carboxylic acids is 1. The molecule has 5 heteroatoms. The molecule has 0 aliphatic carbocycles.